The molecule has 0 fully saturated rings. The van der Waals surface area contributed by atoms with Crippen molar-refractivity contribution in [3.8, 4) is 0 Å². The number of thiazole rings is 1. The van der Waals surface area contributed by atoms with Crippen LogP contribution in [0.25, 0.3) is 10.3 Å². The van der Waals surface area contributed by atoms with Crippen LogP contribution in [-0.2, 0) is 7.05 Å². The molecule has 0 spiro atoms. The molecule has 62 valence electrons. The number of Topliss-reactive ketones (excluding diaryl/α,β-unsaturated/α-hetero) is 1. The molecule has 0 aliphatic heterocycles. The van der Waals surface area contributed by atoms with Crippen molar-refractivity contribution in [2.75, 3.05) is 0 Å². The molecule has 0 saturated heterocycles. The van der Waals surface area contributed by atoms with Gasteiger partial charge in [0.15, 0.2) is 5.78 Å². The second-order valence-electron chi connectivity index (χ2n) is 2.69. The van der Waals surface area contributed by atoms with Crippen molar-refractivity contribution < 1.29 is 4.79 Å². The van der Waals surface area contributed by atoms with Crippen molar-refractivity contribution in [2.24, 2.45) is 7.05 Å². The minimum absolute atomic E-state index is 0.0858. The molecule has 0 N–H and O–H groups in total. The third-order valence-electron chi connectivity index (χ3n) is 1.88. The number of hydrogen-bond donors (Lipinski definition) is 0. The Labute approximate surface area is 73.6 Å². The molecule has 2 heterocycles. The average Bonchev–Trinajstić information content (AvgIpc) is 2.53. The Morgan fingerprint density at radius 2 is 2.42 bits per heavy atom. The van der Waals surface area contributed by atoms with Crippen molar-refractivity contribution in [1.82, 2.24) is 9.55 Å². The Morgan fingerprint density at radius 1 is 1.67 bits per heavy atom. The highest BCUT2D eigenvalue weighted by Crippen LogP contribution is 2.21. The topological polar surface area (TPSA) is 34.9 Å². The highest BCUT2D eigenvalue weighted by molar-refractivity contribution is 7.16. The number of rotatable bonds is 1. The maximum absolute atomic E-state index is 11.1. The first-order valence-corrected chi connectivity index (χ1v) is 4.48. The van der Waals surface area contributed by atoms with E-state index < -0.39 is 0 Å². The van der Waals surface area contributed by atoms with E-state index in [-0.39, 0.29) is 5.78 Å². The van der Waals surface area contributed by atoms with Gasteiger partial charge in [0.1, 0.15) is 10.3 Å². The zero-order chi connectivity index (χ0) is 8.72. The Balaban J connectivity index is 2.78. The van der Waals surface area contributed by atoms with Gasteiger partial charge in [0.05, 0.1) is 11.2 Å². The van der Waals surface area contributed by atoms with Crippen molar-refractivity contribution in [2.45, 2.75) is 6.92 Å². The van der Waals surface area contributed by atoms with Crippen LogP contribution in [0.1, 0.15) is 17.4 Å². The van der Waals surface area contributed by atoms with E-state index in [1.807, 2.05) is 17.7 Å². The Hall–Kier alpha value is -1.16. The zero-order valence-corrected chi connectivity index (χ0v) is 7.68. The van der Waals surface area contributed by atoms with E-state index in [1.54, 1.807) is 23.8 Å². The van der Waals surface area contributed by atoms with Crippen molar-refractivity contribution in [3.05, 3.63) is 17.3 Å². The van der Waals surface area contributed by atoms with Gasteiger partial charge in [-0.2, -0.15) is 0 Å². The van der Waals surface area contributed by atoms with Gasteiger partial charge >= 0.3 is 0 Å². The molecule has 0 unspecified atom stereocenters. The smallest absolute Gasteiger partial charge is 0.176 e. The fourth-order valence-corrected chi connectivity index (χ4v) is 2.03. The van der Waals surface area contributed by atoms with Crippen LogP contribution < -0.4 is 0 Å². The van der Waals surface area contributed by atoms with E-state index in [4.69, 9.17) is 0 Å². The number of aryl methyl sites for hydroxylation is 1. The summed E-state index contributed by atoms with van der Waals surface area (Å²) in [4.78, 5) is 16.3. The summed E-state index contributed by atoms with van der Waals surface area (Å²) in [5.74, 6) is 0.0858. The summed E-state index contributed by atoms with van der Waals surface area (Å²) in [5.41, 5.74) is 3.42. The molecule has 2 aromatic rings. The number of nitrogens with zero attached hydrogens (tertiary/aromatic N) is 2. The molecule has 0 saturated carbocycles. The van der Waals surface area contributed by atoms with Gasteiger partial charge in [0.2, 0.25) is 0 Å². The molecule has 0 radical (unpaired) electrons. The molecule has 0 amide bonds. The van der Waals surface area contributed by atoms with Crippen molar-refractivity contribution in [3.63, 3.8) is 0 Å². The summed E-state index contributed by atoms with van der Waals surface area (Å²) in [6.07, 6.45) is 0. The largest absolute Gasteiger partial charge is 0.332 e. The summed E-state index contributed by atoms with van der Waals surface area (Å²) in [6, 6.07) is 1.83. The maximum atomic E-state index is 11.1. The monoisotopic (exact) mass is 180 g/mol. The van der Waals surface area contributed by atoms with Gasteiger partial charge < -0.3 is 4.57 Å². The molecule has 2 aromatic heterocycles. The predicted molar refractivity (Wildman–Crippen MR) is 48.6 cm³/mol. The van der Waals surface area contributed by atoms with E-state index in [1.165, 1.54) is 0 Å². The fourth-order valence-electron chi connectivity index (χ4n) is 1.27. The van der Waals surface area contributed by atoms with Crippen LogP contribution in [0.5, 0.6) is 0 Å². The summed E-state index contributed by atoms with van der Waals surface area (Å²) in [6.45, 7) is 1.57. The lowest BCUT2D eigenvalue weighted by Gasteiger charge is -1.96. The van der Waals surface area contributed by atoms with Gasteiger partial charge in [0.25, 0.3) is 0 Å². The Kier molecular flexibility index (Phi) is 1.51. The minimum Gasteiger partial charge on any atom is -0.332 e. The highest BCUT2D eigenvalue weighted by atomic mass is 32.1. The molecule has 0 aliphatic rings. The Morgan fingerprint density at radius 3 is 3.00 bits per heavy atom. The molecule has 0 bridgehead atoms. The Bertz CT molecular complexity index is 441. The average molecular weight is 180 g/mol. The summed E-state index contributed by atoms with van der Waals surface area (Å²) < 4.78 is 1.88. The lowest BCUT2D eigenvalue weighted by molar-refractivity contribution is 0.101. The van der Waals surface area contributed by atoms with Crippen LogP contribution in [0, 0.1) is 0 Å². The van der Waals surface area contributed by atoms with E-state index in [0.717, 1.165) is 16.0 Å². The van der Waals surface area contributed by atoms with Crippen LogP contribution in [-0.4, -0.2) is 15.3 Å². The number of ketones is 1. The quantitative estimate of drug-likeness (QED) is 0.627. The van der Waals surface area contributed by atoms with Crippen LogP contribution in [0.2, 0.25) is 0 Å². The van der Waals surface area contributed by atoms with Gasteiger partial charge in [0, 0.05) is 14.0 Å². The normalized spacial score (nSPS) is 10.8. The van der Waals surface area contributed by atoms with Gasteiger partial charge in [-0.1, -0.05) is 0 Å². The maximum Gasteiger partial charge on any atom is 0.176 e. The van der Waals surface area contributed by atoms with Crippen molar-refractivity contribution >= 4 is 27.5 Å². The molecule has 0 aliphatic carbocycles. The minimum atomic E-state index is 0.0858. The number of aromatic nitrogens is 2. The summed E-state index contributed by atoms with van der Waals surface area (Å²) >= 11 is 1.55. The van der Waals surface area contributed by atoms with Gasteiger partial charge in [-0.15, -0.1) is 11.3 Å². The van der Waals surface area contributed by atoms with E-state index >= 15 is 0 Å². The van der Waals surface area contributed by atoms with E-state index in [2.05, 4.69) is 4.98 Å². The van der Waals surface area contributed by atoms with Crippen molar-refractivity contribution in [1.29, 1.82) is 0 Å². The number of hydrogen-bond acceptors (Lipinski definition) is 3. The van der Waals surface area contributed by atoms with Gasteiger partial charge in [-0.3, -0.25) is 4.79 Å². The van der Waals surface area contributed by atoms with Gasteiger partial charge in [-0.05, 0) is 6.07 Å². The molecule has 4 heteroatoms. The number of carbonyl (C=O) groups excluding carboxylic acids is 1. The van der Waals surface area contributed by atoms with Crippen LogP contribution >= 0.6 is 11.3 Å². The van der Waals surface area contributed by atoms with Crippen LogP contribution in [0.3, 0.4) is 0 Å². The lowest BCUT2D eigenvalue weighted by Crippen LogP contribution is -1.99. The molecule has 12 heavy (non-hydrogen) atoms. The first kappa shape index (κ1) is 7.49. The second-order valence-corrected chi connectivity index (χ2v) is 3.52. The zero-order valence-electron chi connectivity index (χ0n) is 6.87. The standard InChI is InChI=1S/C8H8N2OS/c1-5(11)7-3-6-8(10(7)2)12-4-9-6/h3-4H,1-2H3. The molecular weight excluding hydrogens is 172 g/mol. The van der Waals surface area contributed by atoms with E-state index in [0.29, 0.717) is 0 Å². The van der Waals surface area contributed by atoms with Crippen LogP contribution in [0.15, 0.2) is 11.6 Å². The number of fused-ring (bicyclic) bond motifs is 1. The van der Waals surface area contributed by atoms with E-state index in [9.17, 15) is 4.79 Å². The molecule has 0 aromatic carbocycles. The second kappa shape index (κ2) is 2.42. The highest BCUT2D eigenvalue weighted by Gasteiger charge is 2.10. The third kappa shape index (κ3) is 0.881. The lowest BCUT2D eigenvalue weighted by atomic mass is 10.3. The first-order chi connectivity index (χ1) is 5.70. The van der Waals surface area contributed by atoms with Crippen LogP contribution in [0.4, 0.5) is 0 Å². The SMILES string of the molecule is CC(=O)c1cc2ncsc2n1C. The summed E-state index contributed by atoms with van der Waals surface area (Å²) in [5, 5.41) is 0. The summed E-state index contributed by atoms with van der Waals surface area (Å²) in [7, 11) is 1.89. The third-order valence-corrected chi connectivity index (χ3v) is 2.79. The first-order valence-electron chi connectivity index (χ1n) is 3.60. The molecular formula is C8H8N2OS. The molecule has 0 atom stereocenters. The fraction of sp³-hybridized carbons (Fsp3) is 0.250. The van der Waals surface area contributed by atoms with Gasteiger partial charge in [-0.25, -0.2) is 4.98 Å². The molecule has 2 rings (SSSR count). The predicted octanol–water partition coefficient (Wildman–Crippen LogP) is 1.84. The molecule has 3 nitrogen and oxygen atoms in total. The number of carbonyl (C=O) groups is 1.